The predicted molar refractivity (Wildman–Crippen MR) is 158 cm³/mol. The van der Waals surface area contributed by atoms with Crippen molar-refractivity contribution < 1.29 is 9.53 Å². The number of unbranched alkanes of at least 4 members (excludes halogenated alkanes) is 1. The Hall–Kier alpha value is -0.100. The van der Waals surface area contributed by atoms with E-state index in [1.807, 2.05) is 0 Å². The Morgan fingerprint density at radius 2 is 1.75 bits per heavy atom. The summed E-state index contributed by atoms with van der Waals surface area (Å²) in [7, 11) is 1.09. The summed E-state index contributed by atoms with van der Waals surface area (Å²) in [4.78, 5) is 12.3. The highest BCUT2D eigenvalue weighted by Gasteiger charge is 2.62. The third-order valence-electron chi connectivity index (χ3n) is 12.1. The van der Waals surface area contributed by atoms with Crippen molar-refractivity contribution in [1.82, 2.24) is 0 Å². The van der Waals surface area contributed by atoms with Gasteiger partial charge in [0.05, 0.1) is 6.61 Å². The van der Waals surface area contributed by atoms with Crippen molar-refractivity contribution in [2.45, 2.75) is 163 Å². The number of carbonyl (C=O) groups excluding carboxylic acids is 1. The standard InChI is InChI=1S/C33H61O2P/c1-8-11-14-28-31(6,22-23-33(10-3)21-13-12-20-32(28,33)7)29-17-16-27(36-29)26(5)15-18-30(34)35-24-19-25(4)9-2/h25-29,36H,8-24H2,1-7H3/t25?,26-,27?,28?,29?,31+,32+,33-/m0/s1. The molecular weight excluding hydrogens is 459 g/mol. The molecule has 3 fully saturated rings. The van der Waals surface area contributed by atoms with Crippen LogP contribution >= 0.6 is 8.58 Å². The van der Waals surface area contributed by atoms with Gasteiger partial charge in [0.15, 0.2) is 0 Å². The smallest absolute Gasteiger partial charge is 0.305 e. The van der Waals surface area contributed by atoms with Crippen LogP contribution in [0.25, 0.3) is 0 Å². The van der Waals surface area contributed by atoms with E-state index < -0.39 is 0 Å². The number of fused-ring (bicyclic) bond motifs is 1. The molecule has 0 bridgehead atoms. The molecule has 9 atom stereocenters. The van der Waals surface area contributed by atoms with Gasteiger partial charge in [-0.3, -0.25) is 4.79 Å². The Kier molecular flexibility index (Phi) is 11.3. The lowest BCUT2D eigenvalue weighted by molar-refractivity contribution is -0.151. The molecule has 5 unspecified atom stereocenters. The average molecular weight is 521 g/mol. The Balaban J connectivity index is 1.62. The van der Waals surface area contributed by atoms with Crippen LogP contribution in [0, 0.1) is 34.0 Å². The van der Waals surface area contributed by atoms with Gasteiger partial charge >= 0.3 is 5.97 Å². The van der Waals surface area contributed by atoms with E-state index in [4.69, 9.17) is 4.74 Å². The lowest BCUT2D eigenvalue weighted by Gasteiger charge is -2.66. The van der Waals surface area contributed by atoms with Gasteiger partial charge in [0, 0.05) is 6.42 Å². The molecule has 3 heteroatoms. The van der Waals surface area contributed by atoms with Crippen LogP contribution < -0.4 is 0 Å². The first-order valence-electron chi connectivity index (χ1n) is 16.1. The van der Waals surface area contributed by atoms with E-state index in [2.05, 4.69) is 48.5 Å². The van der Waals surface area contributed by atoms with Crippen LogP contribution in [0.5, 0.6) is 0 Å². The van der Waals surface area contributed by atoms with Crippen LogP contribution in [0.2, 0.25) is 0 Å². The summed E-state index contributed by atoms with van der Waals surface area (Å²) in [6, 6.07) is 0. The van der Waals surface area contributed by atoms with Crippen molar-refractivity contribution in [1.29, 1.82) is 0 Å². The zero-order valence-corrected chi connectivity index (χ0v) is 26.2. The van der Waals surface area contributed by atoms with E-state index in [9.17, 15) is 4.79 Å². The van der Waals surface area contributed by atoms with Crippen LogP contribution in [0.3, 0.4) is 0 Å². The minimum absolute atomic E-state index is 0.0306. The highest BCUT2D eigenvalue weighted by molar-refractivity contribution is 7.40. The Bertz CT molecular complexity index is 693. The summed E-state index contributed by atoms with van der Waals surface area (Å²) in [5.74, 6) is 2.22. The second-order valence-electron chi connectivity index (χ2n) is 13.9. The minimum atomic E-state index is 0.0306. The van der Waals surface area contributed by atoms with Gasteiger partial charge in [-0.2, -0.15) is 0 Å². The highest BCUT2D eigenvalue weighted by atomic mass is 31.1. The molecule has 0 aromatic heterocycles. The van der Waals surface area contributed by atoms with Gasteiger partial charge in [-0.05, 0) is 110 Å². The molecule has 3 rings (SSSR count). The molecule has 2 saturated carbocycles. The number of carbonyl (C=O) groups is 1. The first kappa shape index (κ1) is 30.4. The molecule has 0 amide bonds. The lowest BCUT2D eigenvalue weighted by atomic mass is 9.40. The molecule has 2 nitrogen and oxygen atoms in total. The summed E-state index contributed by atoms with van der Waals surface area (Å²) >= 11 is 0. The lowest BCUT2D eigenvalue weighted by Crippen LogP contribution is -2.58. The van der Waals surface area contributed by atoms with Gasteiger partial charge < -0.3 is 4.74 Å². The van der Waals surface area contributed by atoms with E-state index in [0.29, 0.717) is 41.1 Å². The van der Waals surface area contributed by atoms with E-state index in [-0.39, 0.29) is 5.97 Å². The molecule has 3 aliphatic rings. The topological polar surface area (TPSA) is 26.3 Å². The summed E-state index contributed by atoms with van der Waals surface area (Å²) in [5.41, 5.74) is 3.38. The number of rotatable bonds is 13. The largest absolute Gasteiger partial charge is 0.466 e. The third kappa shape index (κ3) is 6.37. The van der Waals surface area contributed by atoms with Crippen LogP contribution in [0.15, 0.2) is 0 Å². The minimum Gasteiger partial charge on any atom is -0.466 e. The number of hydrogen-bond donors (Lipinski definition) is 0. The van der Waals surface area contributed by atoms with Gasteiger partial charge in [-0.25, -0.2) is 0 Å². The van der Waals surface area contributed by atoms with Crippen LogP contribution in [0.1, 0.15) is 151 Å². The van der Waals surface area contributed by atoms with Gasteiger partial charge in [0.2, 0.25) is 0 Å². The fraction of sp³-hybridized carbons (Fsp3) is 0.970. The molecule has 0 aromatic rings. The Labute approximate surface area is 227 Å². The predicted octanol–water partition coefficient (Wildman–Crippen LogP) is 10.2. The SMILES string of the molecule is CCCCC1[C@](C)(C2CCC([C@@H](C)CCC(=O)OCCC(C)CC)P2)CC[C@]2(CC)CCCC[C@]12C. The quantitative estimate of drug-likeness (QED) is 0.178. The molecule has 210 valence electrons. The Morgan fingerprint density at radius 1 is 1.00 bits per heavy atom. The van der Waals surface area contributed by atoms with Crippen molar-refractivity contribution in [2.24, 2.45) is 34.0 Å². The van der Waals surface area contributed by atoms with Crippen molar-refractivity contribution in [3.63, 3.8) is 0 Å². The number of hydrogen-bond acceptors (Lipinski definition) is 2. The maximum atomic E-state index is 12.3. The second-order valence-corrected chi connectivity index (χ2v) is 15.7. The molecule has 2 aliphatic carbocycles. The first-order valence-corrected chi connectivity index (χ1v) is 17.2. The normalized spacial score (nSPS) is 39.0. The van der Waals surface area contributed by atoms with Crippen LogP contribution in [0.4, 0.5) is 0 Å². The molecule has 36 heavy (non-hydrogen) atoms. The zero-order chi connectivity index (χ0) is 26.4. The molecule has 0 spiro atoms. The summed E-state index contributed by atoms with van der Waals surface area (Å²) in [5, 5.41) is 0. The molecular formula is C33H61O2P. The van der Waals surface area contributed by atoms with E-state index in [1.165, 1.54) is 77.0 Å². The highest BCUT2D eigenvalue weighted by Crippen LogP contribution is 2.71. The van der Waals surface area contributed by atoms with Gasteiger partial charge in [-0.1, -0.05) is 80.6 Å². The van der Waals surface area contributed by atoms with E-state index in [0.717, 1.165) is 45.1 Å². The molecule has 0 radical (unpaired) electrons. The van der Waals surface area contributed by atoms with Crippen molar-refractivity contribution in [3.05, 3.63) is 0 Å². The van der Waals surface area contributed by atoms with Gasteiger partial charge in [-0.15, -0.1) is 8.58 Å². The van der Waals surface area contributed by atoms with Crippen molar-refractivity contribution in [2.75, 3.05) is 6.61 Å². The molecule has 1 aliphatic heterocycles. The molecule has 0 aromatic carbocycles. The molecule has 0 N–H and O–H groups in total. The van der Waals surface area contributed by atoms with Crippen molar-refractivity contribution >= 4 is 14.6 Å². The zero-order valence-electron chi connectivity index (χ0n) is 25.2. The van der Waals surface area contributed by atoms with Gasteiger partial charge in [0.25, 0.3) is 0 Å². The summed E-state index contributed by atoms with van der Waals surface area (Å²) < 4.78 is 5.56. The fourth-order valence-corrected chi connectivity index (χ4v) is 11.4. The van der Waals surface area contributed by atoms with Crippen LogP contribution in [-0.4, -0.2) is 23.9 Å². The average Bonchev–Trinajstić information content (AvgIpc) is 3.38. The first-order chi connectivity index (χ1) is 17.2. The maximum absolute atomic E-state index is 12.3. The number of esters is 1. The summed E-state index contributed by atoms with van der Waals surface area (Å²) in [6.07, 6.45) is 21.0. The fourth-order valence-electron chi connectivity index (χ4n) is 9.04. The van der Waals surface area contributed by atoms with E-state index >= 15 is 0 Å². The monoisotopic (exact) mass is 520 g/mol. The maximum Gasteiger partial charge on any atom is 0.305 e. The van der Waals surface area contributed by atoms with Crippen molar-refractivity contribution in [3.8, 4) is 0 Å². The Morgan fingerprint density at radius 3 is 2.44 bits per heavy atom. The van der Waals surface area contributed by atoms with Crippen LogP contribution in [-0.2, 0) is 9.53 Å². The molecule has 1 saturated heterocycles. The molecule has 1 heterocycles. The summed E-state index contributed by atoms with van der Waals surface area (Å²) in [6.45, 7) is 17.9. The third-order valence-corrected chi connectivity index (χ3v) is 14.7. The van der Waals surface area contributed by atoms with Gasteiger partial charge in [0.1, 0.15) is 0 Å². The second kappa shape index (κ2) is 13.3. The number of ether oxygens (including phenoxy) is 1. The van der Waals surface area contributed by atoms with E-state index in [1.54, 1.807) is 0 Å².